The molecule has 1 unspecified atom stereocenters. The zero-order valence-corrected chi connectivity index (χ0v) is 23.0. The molecule has 0 saturated heterocycles. The van der Waals surface area contributed by atoms with E-state index in [-0.39, 0.29) is 24.2 Å². The van der Waals surface area contributed by atoms with E-state index in [9.17, 15) is 9.18 Å². The quantitative estimate of drug-likeness (QED) is 0.205. The van der Waals surface area contributed by atoms with Crippen molar-refractivity contribution in [2.24, 2.45) is 4.99 Å². The Bertz CT molecular complexity index is 1450. The Labute approximate surface area is 235 Å². The minimum atomic E-state index is -0.338. The number of amides is 1. The molecule has 4 aromatic carbocycles. The zero-order valence-electron chi connectivity index (χ0n) is 23.0. The van der Waals surface area contributed by atoms with Gasteiger partial charge in [0.05, 0.1) is 31.3 Å². The highest BCUT2D eigenvalue weighted by molar-refractivity contribution is 6.05. The molecule has 6 heteroatoms. The van der Waals surface area contributed by atoms with Crippen LogP contribution in [0.5, 0.6) is 0 Å². The fourth-order valence-corrected chi connectivity index (χ4v) is 5.06. The molecule has 0 N–H and O–H groups in total. The molecule has 0 spiro atoms. The number of hydrogen-bond donors (Lipinski definition) is 0. The molecule has 0 aliphatic carbocycles. The number of para-hydroxylation sites is 1. The molecule has 0 fully saturated rings. The topological polar surface area (TPSA) is 45.1 Å². The van der Waals surface area contributed by atoms with E-state index in [2.05, 4.69) is 29.2 Å². The number of ether oxygens (including phenoxy) is 1. The third kappa shape index (κ3) is 6.29. The number of carbonyl (C=O) groups excluding carboxylic acids is 1. The van der Waals surface area contributed by atoms with E-state index in [1.807, 2.05) is 73.3 Å². The fourth-order valence-electron chi connectivity index (χ4n) is 5.06. The van der Waals surface area contributed by atoms with Crippen LogP contribution >= 0.6 is 0 Å². The molecule has 5 nitrogen and oxygen atoms in total. The van der Waals surface area contributed by atoms with Crippen molar-refractivity contribution in [3.8, 4) is 11.1 Å². The largest absolute Gasteiger partial charge is 0.380 e. The first-order valence-corrected chi connectivity index (χ1v) is 13.7. The van der Waals surface area contributed by atoms with Gasteiger partial charge in [0.2, 0.25) is 5.91 Å². The maximum Gasteiger partial charge on any atom is 0.227 e. The Morgan fingerprint density at radius 1 is 0.925 bits per heavy atom. The van der Waals surface area contributed by atoms with Crippen molar-refractivity contribution in [2.45, 2.75) is 32.9 Å². The summed E-state index contributed by atoms with van der Waals surface area (Å²) in [6, 6.07) is 32.4. The van der Waals surface area contributed by atoms with Gasteiger partial charge in [-0.05, 0) is 66.4 Å². The van der Waals surface area contributed by atoms with Crippen molar-refractivity contribution in [3.05, 3.63) is 120 Å². The number of fused-ring (bicyclic) bond motifs is 1. The van der Waals surface area contributed by atoms with Crippen LogP contribution in [-0.2, 0) is 22.5 Å². The van der Waals surface area contributed by atoms with Gasteiger partial charge < -0.3 is 14.5 Å². The maximum absolute atomic E-state index is 13.8. The Kier molecular flexibility index (Phi) is 8.67. The summed E-state index contributed by atoms with van der Waals surface area (Å²) in [5.41, 5.74) is 6.00. The minimum Gasteiger partial charge on any atom is -0.380 e. The molecule has 1 aliphatic heterocycles. The molecule has 0 saturated carbocycles. The number of anilines is 1. The van der Waals surface area contributed by atoms with Gasteiger partial charge in [-0.25, -0.2) is 9.38 Å². The number of aliphatic imine (C=N–C) groups is 1. The maximum atomic E-state index is 13.8. The highest BCUT2D eigenvalue weighted by Crippen LogP contribution is 2.31. The van der Waals surface area contributed by atoms with Gasteiger partial charge in [-0.3, -0.25) is 4.79 Å². The molecule has 1 heterocycles. The summed E-state index contributed by atoms with van der Waals surface area (Å²) < 4.78 is 19.4. The predicted molar refractivity (Wildman–Crippen MR) is 159 cm³/mol. The normalized spacial score (nSPS) is 13.4. The van der Waals surface area contributed by atoms with Crippen molar-refractivity contribution < 1.29 is 13.9 Å². The minimum absolute atomic E-state index is 0.000258. The third-order valence-electron chi connectivity index (χ3n) is 7.23. The average molecular weight is 536 g/mol. The SMILES string of the molecule is CCOCCN(C(=O)Cc1ccc(-c2ccccc2)cc1)C(C)C1=Nc2ccccc2CN1c1ccc(F)cc1. The first-order chi connectivity index (χ1) is 19.5. The Morgan fingerprint density at radius 2 is 1.60 bits per heavy atom. The zero-order chi connectivity index (χ0) is 27.9. The van der Waals surface area contributed by atoms with Crippen molar-refractivity contribution >= 4 is 23.1 Å². The molecule has 0 radical (unpaired) electrons. The van der Waals surface area contributed by atoms with Crippen molar-refractivity contribution in [3.63, 3.8) is 0 Å². The summed E-state index contributed by atoms with van der Waals surface area (Å²) in [4.78, 5) is 22.8. The molecule has 1 amide bonds. The van der Waals surface area contributed by atoms with Gasteiger partial charge in [0.25, 0.3) is 0 Å². The van der Waals surface area contributed by atoms with Crippen molar-refractivity contribution in [1.82, 2.24) is 4.90 Å². The number of nitrogens with zero attached hydrogens (tertiary/aromatic N) is 3. The molecule has 0 aromatic heterocycles. The molecule has 4 aromatic rings. The molecule has 40 heavy (non-hydrogen) atoms. The van der Waals surface area contributed by atoms with E-state index < -0.39 is 0 Å². The first-order valence-electron chi connectivity index (χ1n) is 13.7. The molecule has 5 rings (SSSR count). The van der Waals surface area contributed by atoms with Crippen LogP contribution in [0.25, 0.3) is 11.1 Å². The van der Waals surface area contributed by atoms with Crippen LogP contribution in [0.15, 0.2) is 108 Å². The molecule has 1 aliphatic rings. The van der Waals surface area contributed by atoms with E-state index in [4.69, 9.17) is 9.73 Å². The fraction of sp³-hybridized carbons (Fsp3) is 0.235. The first kappa shape index (κ1) is 27.3. The van der Waals surface area contributed by atoms with E-state index in [1.54, 1.807) is 12.1 Å². The molecule has 204 valence electrons. The average Bonchev–Trinajstić information content (AvgIpc) is 2.99. The third-order valence-corrected chi connectivity index (χ3v) is 7.23. The van der Waals surface area contributed by atoms with Crippen LogP contribution in [-0.4, -0.2) is 42.4 Å². The Balaban J connectivity index is 1.42. The van der Waals surface area contributed by atoms with Crippen LogP contribution < -0.4 is 4.90 Å². The van der Waals surface area contributed by atoms with Crippen molar-refractivity contribution in [2.75, 3.05) is 24.7 Å². The highest BCUT2D eigenvalue weighted by Gasteiger charge is 2.31. The van der Waals surface area contributed by atoms with Gasteiger partial charge in [0.15, 0.2) is 0 Å². The van der Waals surface area contributed by atoms with Crippen molar-refractivity contribution in [1.29, 1.82) is 0 Å². The van der Waals surface area contributed by atoms with Gasteiger partial charge in [0.1, 0.15) is 11.7 Å². The second-order valence-electron chi connectivity index (χ2n) is 9.86. The second kappa shape index (κ2) is 12.7. The lowest BCUT2D eigenvalue weighted by Crippen LogP contribution is -2.51. The summed E-state index contributed by atoms with van der Waals surface area (Å²) in [5, 5.41) is 0. The number of rotatable bonds is 10. The number of halogens is 1. The van der Waals surface area contributed by atoms with Gasteiger partial charge in [-0.1, -0.05) is 72.8 Å². The van der Waals surface area contributed by atoms with Gasteiger partial charge >= 0.3 is 0 Å². The lowest BCUT2D eigenvalue weighted by Gasteiger charge is -2.38. The summed E-state index contributed by atoms with van der Waals surface area (Å²) in [5.74, 6) is 0.453. The standard InChI is InChI=1S/C34H34FN3O2/c1-3-40-22-21-37(33(39)23-26-13-15-28(16-14-26)27-9-5-4-6-10-27)25(2)34-36-32-12-8-7-11-29(32)24-38(34)31-19-17-30(35)18-20-31/h4-20,25H,3,21-24H2,1-2H3. The van der Waals surface area contributed by atoms with Crippen LogP contribution in [0.3, 0.4) is 0 Å². The smallest absolute Gasteiger partial charge is 0.227 e. The summed E-state index contributed by atoms with van der Waals surface area (Å²) >= 11 is 0. The number of amidine groups is 1. The molecular weight excluding hydrogens is 501 g/mol. The number of hydrogen-bond acceptors (Lipinski definition) is 4. The summed E-state index contributed by atoms with van der Waals surface area (Å²) in [6.07, 6.45) is 0.270. The predicted octanol–water partition coefficient (Wildman–Crippen LogP) is 7.04. The van der Waals surface area contributed by atoms with Gasteiger partial charge in [0, 0.05) is 18.8 Å². The molecule has 1 atom stereocenters. The Morgan fingerprint density at radius 3 is 2.33 bits per heavy atom. The second-order valence-corrected chi connectivity index (χ2v) is 9.86. The lowest BCUT2D eigenvalue weighted by atomic mass is 10.0. The van der Waals surface area contributed by atoms with Gasteiger partial charge in [-0.15, -0.1) is 0 Å². The van der Waals surface area contributed by atoms with Crippen LogP contribution in [0.1, 0.15) is 25.0 Å². The number of benzene rings is 4. The van der Waals surface area contributed by atoms with Gasteiger partial charge in [-0.2, -0.15) is 0 Å². The summed E-state index contributed by atoms with van der Waals surface area (Å²) in [6.45, 7) is 5.98. The van der Waals surface area contributed by atoms with E-state index in [1.165, 1.54) is 12.1 Å². The van der Waals surface area contributed by atoms with Crippen LogP contribution in [0.2, 0.25) is 0 Å². The van der Waals surface area contributed by atoms with Crippen LogP contribution in [0, 0.1) is 5.82 Å². The van der Waals surface area contributed by atoms with Crippen LogP contribution in [0.4, 0.5) is 15.8 Å². The summed E-state index contributed by atoms with van der Waals surface area (Å²) in [7, 11) is 0. The number of carbonyl (C=O) groups is 1. The lowest BCUT2D eigenvalue weighted by molar-refractivity contribution is -0.132. The van der Waals surface area contributed by atoms with E-state index >= 15 is 0 Å². The molecule has 0 bridgehead atoms. The highest BCUT2D eigenvalue weighted by atomic mass is 19.1. The van der Waals surface area contributed by atoms with E-state index in [0.717, 1.165) is 39.5 Å². The molecular formula is C34H34FN3O2. The monoisotopic (exact) mass is 535 g/mol. The van der Waals surface area contributed by atoms with E-state index in [0.29, 0.717) is 26.3 Å². The Hall–Kier alpha value is -4.29.